The Hall–Kier alpha value is -2.57. The average molecular weight is 409 g/mol. The second kappa shape index (κ2) is 9.06. The fourth-order valence-corrected chi connectivity index (χ4v) is 4.35. The zero-order valence-electron chi connectivity index (χ0n) is 18.3. The fourth-order valence-electron chi connectivity index (χ4n) is 4.35. The van der Waals surface area contributed by atoms with E-state index in [1.165, 1.54) is 16.8 Å². The number of piperazine rings is 2. The van der Waals surface area contributed by atoms with E-state index in [4.69, 9.17) is 4.74 Å². The van der Waals surface area contributed by atoms with Crippen LogP contribution >= 0.6 is 0 Å². The van der Waals surface area contributed by atoms with Crippen molar-refractivity contribution in [2.75, 3.05) is 57.8 Å². The maximum Gasteiger partial charge on any atom is 0.416 e. The zero-order valence-corrected chi connectivity index (χ0v) is 18.3. The number of ether oxygens (including phenoxy) is 1. The molecule has 0 aliphatic carbocycles. The molecule has 0 spiro atoms. The maximum absolute atomic E-state index is 13.1. The second-order valence-electron chi connectivity index (χ2n) is 8.36. The van der Waals surface area contributed by atoms with Crippen LogP contribution in [0.3, 0.4) is 0 Å². The SMILES string of the molecule is Cc1cccc(N2CCN(C(=O)Oc3ccccc3)C(N3CCN(C)CC3)C2)c1C. The van der Waals surface area contributed by atoms with E-state index in [1.54, 1.807) is 0 Å². The number of amides is 1. The molecule has 1 unspecified atom stereocenters. The van der Waals surface area contributed by atoms with Gasteiger partial charge in [-0.1, -0.05) is 30.3 Å². The summed E-state index contributed by atoms with van der Waals surface area (Å²) >= 11 is 0. The van der Waals surface area contributed by atoms with Crippen molar-refractivity contribution in [1.29, 1.82) is 0 Å². The van der Waals surface area contributed by atoms with Crippen LogP contribution in [-0.4, -0.2) is 79.8 Å². The van der Waals surface area contributed by atoms with Crippen molar-refractivity contribution in [3.05, 3.63) is 59.7 Å². The number of benzene rings is 2. The van der Waals surface area contributed by atoms with Crippen molar-refractivity contribution in [3.63, 3.8) is 0 Å². The Balaban J connectivity index is 1.55. The van der Waals surface area contributed by atoms with Gasteiger partial charge in [0.2, 0.25) is 0 Å². The molecule has 30 heavy (non-hydrogen) atoms. The predicted molar refractivity (Wildman–Crippen MR) is 120 cm³/mol. The topological polar surface area (TPSA) is 39.3 Å². The van der Waals surface area contributed by atoms with Crippen LogP contribution in [0.5, 0.6) is 5.75 Å². The van der Waals surface area contributed by atoms with Gasteiger partial charge in [0, 0.05) is 45.0 Å². The van der Waals surface area contributed by atoms with Crippen LogP contribution in [0.1, 0.15) is 11.1 Å². The molecule has 2 fully saturated rings. The smallest absolute Gasteiger partial charge is 0.410 e. The van der Waals surface area contributed by atoms with Crippen LogP contribution in [0.4, 0.5) is 10.5 Å². The highest BCUT2D eigenvalue weighted by atomic mass is 16.6. The molecule has 0 N–H and O–H groups in total. The normalized spacial score (nSPS) is 21.0. The second-order valence-corrected chi connectivity index (χ2v) is 8.36. The lowest BCUT2D eigenvalue weighted by atomic mass is 10.1. The molecule has 1 atom stereocenters. The monoisotopic (exact) mass is 408 g/mol. The van der Waals surface area contributed by atoms with E-state index in [9.17, 15) is 4.79 Å². The fraction of sp³-hybridized carbons (Fsp3) is 0.458. The first kappa shape index (κ1) is 20.7. The Morgan fingerprint density at radius 3 is 2.37 bits per heavy atom. The molecule has 6 heteroatoms. The van der Waals surface area contributed by atoms with E-state index in [0.717, 1.165) is 39.3 Å². The maximum atomic E-state index is 13.1. The van der Waals surface area contributed by atoms with Gasteiger partial charge in [-0.05, 0) is 50.2 Å². The van der Waals surface area contributed by atoms with Gasteiger partial charge in [0.25, 0.3) is 0 Å². The molecule has 1 amide bonds. The zero-order chi connectivity index (χ0) is 21.1. The molecule has 160 valence electrons. The number of carbonyl (C=O) groups excluding carboxylic acids is 1. The lowest BCUT2D eigenvalue weighted by Gasteiger charge is -2.48. The number of carbonyl (C=O) groups is 1. The average Bonchev–Trinajstić information content (AvgIpc) is 2.76. The minimum atomic E-state index is -0.259. The van der Waals surface area contributed by atoms with Crippen LogP contribution < -0.4 is 9.64 Å². The summed E-state index contributed by atoms with van der Waals surface area (Å²) in [6, 6.07) is 15.8. The summed E-state index contributed by atoms with van der Waals surface area (Å²) in [5.41, 5.74) is 3.88. The highest BCUT2D eigenvalue weighted by Crippen LogP contribution is 2.27. The molecule has 0 radical (unpaired) electrons. The minimum absolute atomic E-state index is 0.00331. The summed E-state index contributed by atoms with van der Waals surface area (Å²) < 4.78 is 5.71. The quantitative estimate of drug-likeness (QED) is 0.780. The van der Waals surface area contributed by atoms with Gasteiger partial charge in [-0.2, -0.15) is 0 Å². The number of aryl methyl sites for hydroxylation is 1. The molecule has 0 saturated carbocycles. The lowest BCUT2D eigenvalue weighted by Crippen LogP contribution is -2.65. The molecule has 2 heterocycles. The molecule has 0 aromatic heterocycles. The number of rotatable bonds is 3. The Morgan fingerprint density at radius 1 is 0.900 bits per heavy atom. The molecule has 0 bridgehead atoms. The first-order valence-corrected chi connectivity index (χ1v) is 10.8. The summed E-state index contributed by atoms with van der Waals surface area (Å²) in [7, 11) is 2.15. The molecule has 2 aromatic rings. The lowest BCUT2D eigenvalue weighted by molar-refractivity contribution is 0.0149. The molecule has 4 rings (SSSR count). The van der Waals surface area contributed by atoms with E-state index >= 15 is 0 Å². The minimum Gasteiger partial charge on any atom is -0.410 e. The van der Waals surface area contributed by atoms with Crippen molar-refractivity contribution >= 4 is 11.8 Å². The van der Waals surface area contributed by atoms with Gasteiger partial charge in [0.05, 0.1) is 6.54 Å². The van der Waals surface area contributed by atoms with Crippen molar-refractivity contribution in [3.8, 4) is 5.75 Å². The molecular formula is C24H32N4O2. The summed E-state index contributed by atoms with van der Waals surface area (Å²) in [6.07, 6.45) is -0.255. The number of anilines is 1. The Kier molecular flexibility index (Phi) is 6.25. The number of para-hydroxylation sites is 1. The molecule has 2 saturated heterocycles. The van der Waals surface area contributed by atoms with Gasteiger partial charge < -0.3 is 14.5 Å². The Labute approximate surface area is 179 Å². The van der Waals surface area contributed by atoms with Crippen molar-refractivity contribution in [1.82, 2.24) is 14.7 Å². The number of hydrogen-bond donors (Lipinski definition) is 0. The van der Waals surface area contributed by atoms with Gasteiger partial charge >= 0.3 is 6.09 Å². The third kappa shape index (κ3) is 4.45. The standard InChI is InChI=1S/C24H32N4O2/c1-19-8-7-11-22(20(19)2)27-16-17-28(24(29)30-21-9-5-4-6-10-21)23(18-27)26-14-12-25(3)13-15-26/h4-11,23H,12-18H2,1-3H3. The van der Waals surface area contributed by atoms with Crippen LogP contribution in [-0.2, 0) is 0 Å². The van der Waals surface area contributed by atoms with E-state index in [-0.39, 0.29) is 12.3 Å². The van der Waals surface area contributed by atoms with Gasteiger partial charge in [0.1, 0.15) is 11.9 Å². The Morgan fingerprint density at radius 2 is 1.63 bits per heavy atom. The third-order valence-electron chi connectivity index (χ3n) is 6.41. The van der Waals surface area contributed by atoms with Gasteiger partial charge in [-0.25, -0.2) is 4.79 Å². The molecule has 2 aliphatic rings. The van der Waals surface area contributed by atoms with E-state index in [1.807, 2.05) is 35.2 Å². The highest BCUT2D eigenvalue weighted by molar-refractivity contribution is 5.71. The first-order chi connectivity index (χ1) is 14.5. The van der Waals surface area contributed by atoms with Gasteiger partial charge in [-0.15, -0.1) is 0 Å². The van der Waals surface area contributed by atoms with E-state index in [0.29, 0.717) is 12.3 Å². The molecule has 2 aromatic carbocycles. The van der Waals surface area contributed by atoms with Crippen molar-refractivity contribution < 1.29 is 9.53 Å². The summed E-state index contributed by atoms with van der Waals surface area (Å²) in [5.74, 6) is 0.594. The van der Waals surface area contributed by atoms with Crippen LogP contribution in [0, 0.1) is 13.8 Å². The summed E-state index contributed by atoms with van der Waals surface area (Å²) in [5, 5.41) is 0. The number of likely N-dealkylation sites (N-methyl/N-ethyl adjacent to an activating group) is 1. The molecule has 2 aliphatic heterocycles. The number of nitrogens with zero attached hydrogens (tertiary/aromatic N) is 4. The summed E-state index contributed by atoms with van der Waals surface area (Å²) in [6.45, 7) is 10.5. The highest BCUT2D eigenvalue weighted by Gasteiger charge is 2.37. The number of hydrogen-bond acceptors (Lipinski definition) is 5. The van der Waals surface area contributed by atoms with Gasteiger partial charge in [0.15, 0.2) is 0 Å². The first-order valence-electron chi connectivity index (χ1n) is 10.8. The third-order valence-corrected chi connectivity index (χ3v) is 6.41. The molecular weight excluding hydrogens is 376 g/mol. The van der Waals surface area contributed by atoms with Crippen LogP contribution in [0.15, 0.2) is 48.5 Å². The van der Waals surface area contributed by atoms with Crippen LogP contribution in [0.25, 0.3) is 0 Å². The van der Waals surface area contributed by atoms with E-state index in [2.05, 4.69) is 53.8 Å². The van der Waals surface area contributed by atoms with Crippen molar-refractivity contribution in [2.24, 2.45) is 0 Å². The van der Waals surface area contributed by atoms with E-state index < -0.39 is 0 Å². The van der Waals surface area contributed by atoms with Crippen LogP contribution in [0.2, 0.25) is 0 Å². The largest absolute Gasteiger partial charge is 0.416 e. The summed E-state index contributed by atoms with van der Waals surface area (Å²) in [4.78, 5) is 22.2. The molecule has 6 nitrogen and oxygen atoms in total. The Bertz CT molecular complexity index is 865. The van der Waals surface area contributed by atoms with Crippen molar-refractivity contribution in [2.45, 2.75) is 20.0 Å². The predicted octanol–water partition coefficient (Wildman–Crippen LogP) is 3.20. The van der Waals surface area contributed by atoms with Gasteiger partial charge in [-0.3, -0.25) is 9.80 Å².